The lowest BCUT2D eigenvalue weighted by Gasteiger charge is -2.34. The quantitative estimate of drug-likeness (QED) is 0.928. The summed E-state index contributed by atoms with van der Waals surface area (Å²) in [5, 5.41) is 0. The van der Waals surface area contributed by atoms with Crippen LogP contribution in [-0.2, 0) is 10.0 Å². The van der Waals surface area contributed by atoms with Crippen LogP contribution < -0.4 is 5.73 Å². The molecular formula is C15H23FN2O2S. The van der Waals surface area contributed by atoms with E-state index in [0.29, 0.717) is 12.1 Å². The molecule has 1 aliphatic rings. The summed E-state index contributed by atoms with van der Waals surface area (Å²) in [5.41, 5.74) is 6.34. The minimum atomic E-state index is -3.59. The van der Waals surface area contributed by atoms with Gasteiger partial charge in [-0.05, 0) is 56.4 Å². The van der Waals surface area contributed by atoms with E-state index in [2.05, 4.69) is 0 Å². The lowest BCUT2D eigenvalue weighted by atomic mass is 9.92. The van der Waals surface area contributed by atoms with Gasteiger partial charge in [-0.3, -0.25) is 0 Å². The van der Waals surface area contributed by atoms with Crippen LogP contribution in [0.3, 0.4) is 0 Å². The first-order valence-electron chi connectivity index (χ1n) is 7.39. The smallest absolute Gasteiger partial charge is 0.243 e. The number of nitrogens with zero attached hydrogens (tertiary/aromatic N) is 1. The molecule has 4 nitrogen and oxygen atoms in total. The Balaban J connectivity index is 2.31. The summed E-state index contributed by atoms with van der Waals surface area (Å²) in [7, 11) is -3.59. The monoisotopic (exact) mass is 314 g/mol. The molecule has 0 aromatic heterocycles. The Hall–Kier alpha value is -0.980. The summed E-state index contributed by atoms with van der Waals surface area (Å²) in [6, 6.07) is 3.98. The van der Waals surface area contributed by atoms with Crippen molar-refractivity contribution in [2.75, 3.05) is 6.54 Å². The van der Waals surface area contributed by atoms with E-state index in [9.17, 15) is 12.8 Å². The van der Waals surface area contributed by atoms with Gasteiger partial charge >= 0.3 is 0 Å². The SMILES string of the molecule is CCN(C1CCC(N)CC1)S(=O)(=O)c1ccc(F)cc1C. The summed E-state index contributed by atoms with van der Waals surface area (Å²) >= 11 is 0. The summed E-state index contributed by atoms with van der Waals surface area (Å²) in [4.78, 5) is 0.195. The van der Waals surface area contributed by atoms with Gasteiger partial charge in [-0.25, -0.2) is 12.8 Å². The van der Waals surface area contributed by atoms with E-state index in [4.69, 9.17) is 5.73 Å². The zero-order chi connectivity index (χ0) is 15.6. The van der Waals surface area contributed by atoms with E-state index in [1.165, 1.54) is 18.2 Å². The number of hydrogen-bond donors (Lipinski definition) is 1. The van der Waals surface area contributed by atoms with Gasteiger partial charge < -0.3 is 5.73 Å². The van der Waals surface area contributed by atoms with Gasteiger partial charge in [0.25, 0.3) is 0 Å². The number of benzene rings is 1. The average molecular weight is 314 g/mol. The zero-order valence-electron chi connectivity index (χ0n) is 12.5. The predicted octanol–water partition coefficient (Wildman–Crippen LogP) is 2.41. The van der Waals surface area contributed by atoms with Crippen LogP contribution in [-0.4, -0.2) is 31.4 Å². The number of nitrogens with two attached hydrogens (primary N) is 1. The molecule has 0 radical (unpaired) electrons. The Morgan fingerprint density at radius 2 is 1.90 bits per heavy atom. The third-order valence-corrected chi connectivity index (χ3v) is 6.37. The van der Waals surface area contributed by atoms with E-state index in [1.54, 1.807) is 11.2 Å². The summed E-state index contributed by atoms with van der Waals surface area (Å²) in [6.45, 7) is 3.88. The third-order valence-electron chi connectivity index (χ3n) is 4.18. The highest BCUT2D eigenvalue weighted by atomic mass is 32.2. The van der Waals surface area contributed by atoms with Crippen molar-refractivity contribution >= 4 is 10.0 Å². The maximum absolute atomic E-state index is 13.2. The van der Waals surface area contributed by atoms with E-state index < -0.39 is 15.8 Å². The van der Waals surface area contributed by atoms with Crippen molar-refractivity contribution in [1.82, 2.24) is 4.31 Å². The molecule has 1 aromatic rings. The number of rotatable bonds is 4. The summed E-state index contributed by atoms with van der Waals surface area (Å²) < 4.78 is 40.4. The first-order chi connectivity index (χ1) is 9.86. The molecule has 0 aliphatic heterocycles. The van der Waals surface area contributed by atoms with Gasteiger partial charge in [0.05, 0.1) is 4.90 Å². The molecule has 1 saturated carbocycles. The van der Waals surface area contributed by atoms with E-state index >= 15 is 0 Å². The third kappa shape index (κ3) is 3.44. The van der Waals surface area contributed by atoms with Crippen molar-refractivity contribution in [1.29, 1.82) is 0 Å². The molecule has 1 aromatic carbocycles. The topological polar surface area (TPSA) is 63.4 Å². The lowest BCUT2D eigenvalue weighted by Crippen LogP contribution is -2.44. The Morgan fingerprint density at radius 3 is 2.43 bits per heavy atom. The maximum atomic E-state index is 13.2. The van der Waals surface area contributed by atoms with Gasteiger partial charge in [0, 0.05) is 18.6 Å². The Labute approximate surface area is 126 Å². The molecule has 6 heteroatoms. The fraction of sp³-hybridized carbons (Fsp3) is 0.600. The molecule has 0 unspecified atom stereocenters. The molecule has 2 N–H and O–H groups in total. The highest BCUT2D eigenvalue weighted by Gasteiger charge is 2.33. The molecule has 21 heavy (non-hydrogen) atoms. The van der Waals surface area contributed by atoms with Crippen LogP contribution in [0, 0.1) is 12.7 Å². The van der Waals surface area contributed by atoms with Gasteiger partial charge in [0.2, 0.25) is 10.0 Å². The normalized spacial score (nSPS) is 23.5. The minimum Gasteiger partial charge on any atom is -0.328 e. The van der Waals surface area contributed by atoms with Crippen LogP contribution in [0.1, 0.15) is 38.2 Å². The Kier molecular flexibility index (Phi) is 5.01. The van der Waals surface area contributed by atoms with Crippen molar-refractivity contribution in [3.8, 4) is 0 Å². The molecule has 0 spiro atoms. The number of sulfonamides is 1. The second-order valence-corrected chi connectivity index (χ2v) is 7.55. The fourth-order valence-electron chi connectivity index (χ4n) is 3.04. The minimum absolute atomic E-state index is 0.00995. The molecule has 0 saturated heterocycles. The van der Waals surface area contributed by atoms with E-state index in [1.807, 2.05) is 6.92 Å². The molecule has 0 heterocycles. The van der Waals surface area contributed by atoms with Crippen LogP contribution in [0.25, 0.3) is 0 Å². The van der Waals surface area contributed by atoms with Gasteiger partial charge in [-0.2, -0.15) is 4.31 Å². The predicted molar refractivity (Wildman–Crippen MR) is 80.9 cm³/mol. The zero-order valence-corrected chi connectivity index (χ0v) is 13.4. The van der Waals surface area contributed by atoms with Crippen molar-refractivity contribution in [2.45, 2.75) is 56.5 Å². The summed E-state index contributed by atoms with van der Waals surface area (Å²) in [5.74, 6) is -0.418. The molecule has 0 amide bonds. The van der Waals surface area contributed by atoms with Crippen molar-refractivity contribution in [2.24, 2.45) is 5.73 Å². The number of aryl methyl sites for hydroxylation is 1. The molecule has 2 rings (SSSR count). The second-order valence-electron chi connectivity index (χ2n) is 5.69. The van der Waals surface area contributed by atoms with Gasteiger partial charge in [-0.15, -0.1) is 0 Å². The van der Waals surface area contributed by atoms with Crippen LogP contribution in [0.5, 0.6) is 0 Å². The first-order valence-corrected chi connectivity index (χ1v) is 8.83. The molecule has 1 fully saturated rings. The number of hydrogen-bond acceptors (Lipinski definition) is 3. The van der Waals surface area contributed by atoms with Crippen molar-refractivity contribution < 1.29 is 12.8 Å². The molecule has 118 valence electrons. The van der Waals surface area contributed by atoms with Crippen LogP contribution in [0.4, 0.5) is 4.39 Å². The molecule has 1 aliphatic carbocycles. The largest absolute Gasteiger partial charge is 0.328 e. The van der Waals surface area contributed by atoms with Gasteiger partial charge in [0.15, 0.2) is 0 Å². The van der Waals surface area contributed by atoms with Crippen molar-refractivity contribution in [3.63, 3.8) is 0 Å². The highest BCUT2D eigenvalue weighted by molar-refractivity contribution is 7.89. The standard InChI is InChI=1S/C15H23FN2O2S/c1-3-18(14-7-5-13(17)6-8-14)21(19,20)15-9-4-12(16)10-11(15)2/h4,9-10,13-14H,3,5-8,17H2,1-2H3. The molecular weight excluding hydrogens is 291 g/mol. The first kappa shape index (κ1) is 16.4. The van der Waals surface area contributed by atoms with Crippen molar-refractivity contribution in [3.05, 3.63) is 29.6 Å². The second kappa shape index (κ2) is 6.42. The fourth-order valence-corrected chi connectivity index (χ4v) is 4.94. The highest BCUT2D eigenvalue weighted by Crippen LogP contribution is 2.28. The van der Waals surface area contributed by atoms with Crippen LogP contribution in [0.15, 0.2) is 23.1 Å². The number of halogens is 1. The Bertz CT molecular complexity index is 596. The summed E-state index contributed by atoms with van der Waals surface area (Å²) in [6.07, 6.45) is 3.27. The molecule has 0 atom stereocenters. The average Bonchev–Trinajstić information content (AvgIpc) is 2.41. The molecule has 0 bridgehead atoms. The van der Waals surface area contributed by atoms with Gasteiger partial charge in [0.1, 0.15) is 5.82 Å². The van der Waals surface area contributed by atoms with E-state index in [-0.39, 0.29) is 17.0 Å². The maximum Gasteiger partial charge on any atom is 0.243 e. The van der Waals surface area contributed by atoms with Crippen LogP contribution in [0.2, 0.25) is 0 Å². The van der Waals surface area contributed by atoms with E-state index in [0.717, 1.165) is 25.7 Å². The van der Waals surface area contributed by atoms with Gasteiger partial charge in [-0.1, -0.05) is 6.92 Å². The van der Waals surface area contributed by atoms with Crippen LogP contribution >= 0.6 is 0 Å². The lowest BCUT2D eigenvalue weighted by molar-refractivity contribution is 0.247. The Morgan fingerprint density at radius 1 is 1.29 bits per heavy atom.